The van der Waals surface area contributed by atoms with Crippen LogP contribution in [-0.4, -0.2) is 50.1 Å². The molecule has 1 aliphatic rings. The van der Waals surface area contributed by atoms with Gasteiger partial charge in [-0.05, 0) is 32.9 Å². The number of amides is 1. The van der Waals surface area contributed by atoms with Crippen molar-refractivity contribution in [2.45, 2.75) is 51.6 Å². The Hall–Kier alpha value is -0.610. The molecule has 1 aliphatic carbocycles. The number of carbonyl (C=O) groups excluding carboxylic acids is 1. The van der Waals surface area contributed by atoms with Crippen LogP contribution in [0.3, 0.4) is 0 Å². The lowest BCUT2D eigenvalue weighted by Crippen LogP contribution is -2.47. The van der Waals surface area contributed by atoms with E-state index in [-0.39, 0.29) is 5.91 Å². The Balaban J connectivity index is 2.25. The number of nitrogens with one attached hydrogen (secondary N) is 2. The van der Waals surface area contributed by atoms with Crippen molar-refractivity contribution < 1.29 is 4.79 Å². The fourth-order valence-corrected chi connectivity index (χ4v) is 2.48. The molecule has 0 saturated heterocycles. The lowest BCUT2D eigenvalue weighted by Gasteiger charge is -2.25. The van der Waals surface area contributed by atoms with E-state index < -0.39 is 0 Å². The summed E-state index contributed by atoms with van der Waals surface area (Å²) in [6.45, 7) is 5.79. The molecule has 1 saturated carbocycles. The van der Waals surface area contributed by atoms with Crippen LogP contribution in [0.25, 0.3) is 0 Å². The van der Waals surface area contributed by atoms with Gasteiger partial charge in [0.2, 0.25) is 5.91 Å². The van der Waals surface area contributed by atoms with Crippen molar-refractivity contribution >= 4 is 5.91 Å². The van der Waals surface area contributed by atoms with E-state index in [4.69, 9.17) is 0 Å². The molecule has 0 aliphatic heterocycles. The Labute approximate surface area is 111 Å². The van der Waals surface area contributed by atoms with Crippen LogP contribution in [0.5, 0.6) is 0 Å². The first kappa shape index (κ1) is 15.4. The predicted molar refractivity (Wildman–Crippen MR) is 75.6 cm³/mol. The molecular formula is C14H29N3O. The Morgan fingerprint density at radius 3 is 2.39 bits per heavy atom. The van der Waals surface area contributed by atoms with Crippen LogP contribution >= 0.6 is 0 Å². The first-order valence-electron chi connectivity index (χ1n) is 7.16. The number of nitrogens with zero attached hydrogens (tertiary/aromatic N) is 1. The minimum Gasteiger partial charge on any atom is -0.352 e. The van der Waals surface area contributed by atoms with E-state index in [9.17, 15) is 4.79 Å². The molecule has 0 radical (unpaired) electrons. The Morgan fingerprint density at radius 1 is 1.28 bits per heavy atom. The van der Waals surface area contributed by atoms with E-state index in [2.05, 4.69) is 43.5 Å². The summed E-state index contributed by atoms with van der Waals surface area (Å²) in [5.41, 5.74) is 0. The van der Waals surface area contributed by atoms with Gasteiger partial charge in [-0.2, -0.15) is 0 Å². The highest BCUT2D eigenvalue weighted by Crippen LogP contribution is 2.17. The summed E-state index contributed by atoms with van der Waals surface area (Å²) in [7, 11) is 4.13. The molecule has 4 heteroatoms. The fourth-order valence-electron chi connectivity index (χ4n) is 2.48. The summed E-state index contributed by atoms with van der Waals surface area (Å²) < 4.78 is 0. The van der Waals surface area contributed by atoms with E-state index in [0.29, 0.717) is 24.5 Å². The third kappa shape index (κ3) is 5.83. The van der Waals surface area contributed by atoms with Crippen molar-refractivity contribution in [3.63, 3.8) is 0 Å². The summed E-state index contributed by atoms with van der Waals surface area (Å²) in [5, 5.41) is 6.48. The first-order chi connectivity index (χ1) is 8.49. The van der Waals surface area contributed by atoms with Crippen molar-refractivity contribution in [1.29, 1.82) is 0 Å². The zero-order valence-corrected chi connectivity index (χ0v) is 12.3. The van der Waals surface area contributed by atoms with E-state index in [1.807, 2.05) is 0 Å². The zero-order valence-electron chi connectivity index (χ0n) is 12.3. The number of rotatable bonds is 7. The summed E-state index contributed by atoms with van der Waals surface area (Å²) >= 11 is 0. The summed E-state index contributed by atoms with van der Waals surface area (Å²) in [6.07, 6.45) is 4.81. The van der Waals surface area contributed by atoms with Gasteiger partial charge < -0.3 is 15.5 Å². The average molecular weight is 255 g/mol. The summed E-state index contributed by atoms with van der Waals surface area (Å²) in [5.74, 6) is 0.679. The third-order valence-electron chi connectivity index (χ3n) is 3.61. The van der Waals surface area contributed by atoms with Gasteiger partial charge in [0, 0.05) is 18.6 Å². The molecule has 0 aromatic carbocycles. The van der Waals surface area contributed by atoms with Gasteiger partial charge in [-0.3, -0.25) is 4.79 Å². The van der Waals surface area contributed by atoms with Crippen LogP contribution in [0.15, 0.2) is 0 Å². The normalized spacial score (nSPS) is 18.6. The Kier molecular flexibility index (Phi) is 6.65. The molecule has 0 heterocycles. The molecule has 1 amide bonds. The third-order valence-corrected chi connectivity index (χ3v) is 3.61. The fraction of sp³-hybridized carbons (Fsp3) is 0.929. The molecule has 106 valence electrons. The number of likely N-dealkylation sites (N-methyl/N-ethyl adjacent to an activating group) is 1. The lowest BCUT2D eigenvalue weighted by molar-refractivity contribution is -0.121. The predicted octanol–water partition coefficient (Wildman–Crippen LogP) is 1.22. The van der Waals surface area contributed by atoms with Crippen LogP contribution < -0.4 is 10.6 Å². The molecule has 2 N–H and O–H groups in total. The zero-order chi connectivity index (χ0) is 13.5. The maximum absolute atomic E-state index is 11.8. The van der Waals surface area contributed by atoms with Crippen molar-refractivity contribution in [3.8, 4) is 0 Å². The highest BCUT2D eigenvalue weighted by molar-refractivity contribution is 5.78. The monoisotopic (exact) mass is 255 g/mol. The molecule has 18 heavy (non-hydrogen) atoms. The van der Waals surface area contributed by atoms with Gasteiger partial charge in [0.15, 0.2) is 0 Å². The molecule has 1 fully saturated rings. The lowest BCUT2D eigenvalue weighted by atomic mass is 10.0. The maximum atomic E-state index is 11.8. The Bertz CT molecular complexity index is 247. The minimum absolute atomic E-state index is 0.145. The molecule has 1 rings (SSSR count). The van der Waals surface area contributed by atoms with E-state index in [1.54, 1.807) is 0 Å². The quantitative estimate of drug-likeness (QED) is 0.719. The molecule has 0 aromatic heterocycles. The minimum atomic E-state index is 0.145. The largest absolute Gasteiger partial charge is 0.352 e. The van der Waals surface area contributed by atoms with Crippen LogP contribution in [0.4, 0.5) is 0 Å². The number of hydrogen-bond acceptors (Lipinski definition) is 3. The van der Waals surface area contributed by atoms with Crippen molar-refractivity contribution in [2.75, 3.05) is 27.2 Å². The summed E-state index contributed by atoms with van der Waals surface area (Å²) in [4.78, 5) is 14.0. The van der Waals surface area contributed by atoms with E-state index in [1.165, 1.54) is 12.8 Å². The van der Waals surface area contributed by atoms with Crippen molar-refractivity contribution in [2.24, 2.45) is 5.92 Å². The number of hydrogen-bond donors (Lipinski definition) is 2. The van der Waals surface area contributed by atoms with Gasteiger partial charge in [-0.1, -0.05) is 26.7 Å². The van der Waals surface area contributed by atoms with E-state index >= 15 is 0 Å². The topological polar surface area (TPSA) is 44.4 Å². The molecular weight excluding hydrogens is 226 g/mol. The van der Waals surface area contributed by atoms with Crippen LogP contribution in [0.1, 0.15) is 39.5 Å². The van der Waals surface area contributed by atoms with Gasteiger partial charge >= 0.3 is 0 Å². The van der Waals surface area contributed by atoms with Crippen molar-refractivity contribution in [1.82, 2.24) is 15.5 Å². The van der Waals surface area contributed by atoms with Gasteiger partial charge in [-0.25, -0.2) is 0 Å². The van der Waals surface area contributed by atoms with Crippen LogP contribution in [0, 0.1) is 5.92 Å². The van der Waals surface area contributed by atoms with Crippen LogP contribution in [-0.2, 0) is 4.79 Å². The molecule has 0 aromatic rings. The van der Waals surface area contributed by atoms with Crippen molar-refractivity contribution in [3.05, 3.63) is 0 Å². The molecule has 0 spiro atoms. The molecule has 4 nitrogen and oxygen atoms in total. The van der Waals surface area contributed by atoms with Gasteiger partial charge in [0.1, 0.15) is 0 Å². The second-order valence-corrected chi connectivity index (χ2v) is 6.04. The summed E-state index contributed by atoms with van der Waals surface area (Å²) in [6, 6.07) is 0.792. The first-order valence-corrected chi connectivity index (χ1v) is 7.16. The average Bonchev–Trinajstić information content (AvgIpc) is 2.76. The molecule has 1 atom stereocenters. The van der Waals surface area contributed by atoms with Crippen LogP contribution in [0.2, 0.25) is 0 Å². The van der Waals surface area contributed by atoms with Gasteiger partial charge in [-0.15, -0.1) is 0 Å². The second-order valence-electron chi connectivity index (χ2n) is 6.04. The SMILES string of the molecule is CC(C)C(CN(C)C)NCC(=O)NC1CCCC1. The maximum Gasteiger partial charge on any atom is 0.234 e. The standard InChI is InChI=1S/C14H29N3O/c1-11(2)13(10-17(3)4)15-9-14(18)16-12-7-5-6-8-12/h11-13,15H,5-10H2,1-4H3,(H,16,18). The highest BCUT2D eigenvalue weighted by Gasteiger charge is 2.19. The smallest absolute Gasteiger partial charge is 0.234 e. The van der Waals surface area contributed by atoms with E-state index in [0.717, 1.165) is 19.4 Å². The van der Waals surface area contributed by atoms with Gasteiger partial charge in [0.25, 0.3) is 0 Å². The second kappa shape index (κ2) is 7.74. The number of carbonyl (C=O) groups is 1. The Morgan fingerprint density at radius 2 is 1.89 bits per heavy atom. The highest BCUT2D eigenvalue weighted by atomic mass is 16.2. The molecule has 0 bridgehead atoms. The van der Waals surface area contributed by atoms with Gasteiger partial charge in [0.05, 0.1) is 6.54 Å². The molecule has 1 unspecified atom stereocenters.